The normalized spacial score (nSPS) is 12.0. The summed E-state index contributed by atoms with van der Waals surface area (Å²) < 4.78 is 0. The second kappa shape index (κ2) is 4.69. The lowest BCUT2D eigenvalue weighted by Gasteiger charge is -2.24. The van der Waals surface area contributed by atoms with Crippen molar-refractivity contribution in [3.63, 3.8) is 0 Å². The molecule has 0 heterocycles. The highest BCUT2D eigenvalue weighted by molar-refractivity contribution is 4.74. The van der Waals surface area contributed by atoms with E-state index in [2.05, 4.69) is 31.4 Å². The summed E-state index contributed by atoms with van der Waals surface area (Å²) in [5.74, 6) is 0. The fraction of sp³-hybridized carbons (Fsp3) is 1.00. The van der Waals surface area contributed by atoms with Gasteiger partial charge in [-0.3, -0.25) is 0 Å². The van der Waals surface area contributed by atoms with Crippen LogP contribution in [-0.2, 0) is 0 Å². The highest BCUT2D eigenvalue weighted by Gasteiger charge is 2.11. The summed E-state index contributed by atoms with van der Waals surface area (Å²) in [4.78, 5) is 0. The van der Waals surface area contributed by atoms with Gasteiger partial charge in [0.2, 0.25) is 0 Å². The molecule has 0 atom stereocenters. The molecule has 0 aliphatic heterocycles. The van der Waals surface area contributed by atoms with Gasteiger partial charge in [-0.1, -0.05) is 6.92 Å². The van der Waals surface area contributed by atoms with Crippen LogP contribution in [0.1, 0.15) is 27.2 Å². The first-order valence-electron chi connectivity index (χ1n) is 4.02. The van der Waals surface area contributed by atoms with Crippen molar-refractivity contribution >= 4 is 0 Å². The first-order chi connectivity index (χ1) is 4.62. The van der Waals surface area contributed by atoms with Gasteiger partial charge in [0, 0.05) is 18.6 Å². The third kappa shape index (κ3) is 4.77. The van der Waals surface area contributed by atoms with Crippen LogP contribution in [0.4, 0.5) is 0 Å². The Bertz CT molecular complexity index is 79.3. The zero-order chi connectivity index (χ0) is 8.04. The van der Waals surface area contributed by atoms with E-state index in [0.29, 0.717) is 5.54 Å². The van der Waals surface area contributed by atoms with E-state index in [0.717, 1.165) is 13.1 Å². The van der Waals surface area contributed by atoms with E-state index >= 15 is 0 Å². The molecule has 2 N–H and O–H groups in total. The Morgan fingerprint density at radius 3 is 2.20 bits per heavy atom. The minimum Gasteiger partial charge on any atom is -0.318 e. The van der Waals surface area contributed by atoms with Gasteiger partial charge in [-0.05, 0) is 27.3 Å². The molecule has 62 valence electrons. The van der Waals surface area contributed by atoms with Crippen molar-refractivity contribution < 1.29 is 0 Å². The third-order valence-electron chi connectivity index (χ3n) is 1.86. The third-order valence-corrected chi connectivity index (χ3v) is 1.86. The first kappa shape index (κ1) is 9.92. The molecule has 0 aromatic carbocycles. The smallest absolute Gasteiger partial charge is 0.0123 e. The SMILES string of the molecule is CCC(C)(C)NCCNC. The molecule has 0 aliphatic carbocycles. The molecular formula is C8H20N2. The number of likely N-dealkylation sites (N-methyl/N-ethyl adjacent to an activating group) is 1. The summed E-state index contributed by atoms with van der Waals surface area (Å²) >= 11 is 0. The molecular weight excluding hydrogens is 124 g/mol. The first-order valence-corrected chi connectivity index (χ1v) is 4.02. The van der Waals surface area contributed by atoms with Gasteiger partial charge in [0.15, 0.2) is 0 Å². The van der Waals surface area contributed by atoms with E-state index < -0.39 is 0 Å². The van der Waals surface area contributed by atoms with Gasteiger partial charge < -0.3 is 10.6 Å². The minimum atomic E-state index is 0.302. The average molecular weight is 144 g/mol. The van der Waals surface area contributed by atoms with Crippen molar-refractivity contribution in [1.82, 2.24) is 10.6 Å². The fourth-order valence-corrected chi connectivity index (χ4v) is 0.651. The summed E-state index contributed by atoms with van der Waals surface area (Å²) in [5.41, 5.74) is 0.302. The lowest BCUT2D eigenvalue weighted by atomic mass is 10.0. The maximum atomic E-state index is 3.45. The Balaban J connectivity index is 3.28. The van der Waals surface area contributed by atoms with Crippen LogP contribution in [0.25, 0.3) is 0 Å². The van der Waals surface area contributed by atoms with Gasteiger partial charge in [0.25, 0.3) is 0 Å². The van der Waals surface area contributed by atoms with E-state index in [1.165, 1.54) is 6.42 Å². The monoisotopic (exact) mass is 144 g/mol. The second-order valence-corrected chi connectivity index (χ2v) is 3.27. The van der Waals surface area contributed by atoms with E-state index in [9.17, 15) is 0 Å². The van der Waals surface area contributed by atoms with Gasteiger partial charge in [-0.15, -0.1) is 0 Å². The summed E-state index contributed by atoms with van der Waals surface area (Å²) in [6.07, 6.45) is 1.18. The van der Waals surface area contributed by atoms with Crippen LogP contribution in [0.5, 0.6) is 0 Å². The van der Waals surface area contributed by atoms with Crippen molar-refractivity contribution in [3.05, 3.63) is 0 Å². The van der Waals surface area contributed by atoms with Gasteiger partial charge in [-0.2, -0.15) is 0 Å². The Morgan fingerprint density at radius 2 is 1.80 bits per heavy atom. The van der Waals surface area contributed by atoms with Crippen LogP contribution < -0.4 is 10.6 Å². The molecule has 0 aliphatic rings. The molecule has 0 bridgehead atoms. The molecule has 0 spiro atoms. The van der Waals surface area contributed by atoms with Crippen molar-refractivity contribution in [2.24, 2.45) is 0 Å². The van der Waals surface area contributed by atoms with Crippen LogP contribution in [0, 0.1) is 0 Å². The van der Waals surface area contributed by atoms with Gasteiger partial charge >= 0.3 is 0 Å². The van der Waals surface area contributed by atoms with E-state index in [1.54, 1.807) is 0 Å². The number of rotatable bonds is 5. The van der Waals surface area contributed by atoms with E-state index in [-0.39, 0.29) is 0 Å². The van der Waals surface area contributed by atoms with Gasteiger partial charge in [0.05, 0.1) is 0 Å². The molecule has 0 unspecified atom stereocenters. The van der Waals surface area contributed by atoms with E-state index in [1.807, 2.05) is 7.05 Å². The molecule has 0 saturated heterocycles. The standard InChI is InChI=1S/C8H20N2/c1-5-8(2,3)10-7-6-9-4/h9-10H,5-7H2,1-4H3. The highest BCUT2D eigenvalue weighted by atomic mass is 15.0. The average Bonchev–Trinajstić information content (AvgIpc) is 1.89. The van der Waals surface area contributed by atoms with E-state index in [4.69, 9.17) is 0 Å². The number of hydrogen-bond donors (Lipinski definition) is 2. The maximum absolute atomic E-state index is 3.45. The van der Waals surface area contributed by atoms with Crippen LogP contribution in [0.3, 0.4) is 0 Å². The molecule has 0 aromatic heterocycles. The van der Waals surface area contributed by atoms with Crippen molar-refractivity contribution in [3.8, 4) is 0 Å². The van der Waals surface area contributed by atoms with Crippen LogP contribution in [0.15, 0.2) is 0 Å². The largest absolute Gasteiger partial charge is 0.318 e. The molecule has 2 heteroatoms. The molecule has 10 heavy (non-hydrogen) atoms. The van der Waals surface area contributed by atoms with Crippen LogP contribution in [0.2, 0.25) is 0 Å². The number of hydrogen-bond acceptors (Lipinski definition) is 2. The molecule has 0 radical (unpaired) electrons. The Morgan fingerprint density at radius 1 is 1.20 bits per heavy atom. The van der Waals surface area contributed by atoms with Crippen molar-refractivity contribution in [2.75, 3.05) is 20.1 Å². The van der Waals surface area contributed by atoms with Crippen molar-refractivity contribution in [1.29, 1.82) is 0 Å². The molecule has 0 aromatic rings. The van der Waals surface area contributed by atoms with Crippen molar-refractivity contribution in [2.45, 2.75) is 32.7 Å². The molecule has 2 nitrogen and oxygen atoms in total. The maximum Gasteiger partial charge on any atom is 0.0123 e. The zero-order valence-electron chi connectivity index (χ0n) is 7.62. The molecule has 0 fully saturated rings. The zero-order valence-corrected chi connectivity index (χ0v) is 7.62. The number of nitrogens with one attached hydrogen (secondary N) is 2. The van der Waals surface area contributed by atoms with Crippen LogP contribution >= 0.6 is 0 Å². The topological polar surface area (TPSA) is 24.1 Å². The molecule has 0 saturated carbocycles. The predicted octanol–water partition coefficient (Wildman–Crippen LogP) is 0.984. The molecule has 0 rings (SSSR count). The van der Waals surface area contributed by atoms with Gasteiger partial charge in [0.1, 0.15) is 0 Å². The fourth-order valence-electron chi connectivity index (χ4n) is 0.651. The van der Waals surface area contributed by atoms with Crippen LogP contribution in [-0.4, -0.2) is 25.7 Å². The summed E-state index contributed by atoms with van der Waals surface area (Å²) in [5, 5.41) is 6.55. The lowest BCUT2D eigenvalue weighted by Crippen LogP contribution is -2.41. The summed E-state index contributed by atoms with van der Waals surface area (Å²) in [6, 6.07) is 0. The van der Waals surface area contributed by atoms with Gasteiger partial charge in [-0.25, -0.2) is 0 Å². The predicted molar refractivity (Wildman–Crippen MR) is 46.3 cm³/mol. The lowest BCUT2D eigenvalue weighted by molar-refractivity contribution is 0.377. The Hall–Kier alpha value is -0.0800. The minimum absolute atomic E-state index is 0.302. The summed E-state index contributed by atoms with van der Waals surface area (Å²) in [6.45, 7) is 8.75. The molecule has 0 amide bonds. The highest BCUT2D eigenvalue weighted by Crippen LogP contribution is 2.05. The Kier molecular flexibility index (Phi) is 4.65. The Labute approximate surface area is 64.4 Å². The summed E-state index contributed by atoms with van der Waals surface area (Å²) in [7, 11) is 1.97. The quantitative estimate of drug-likeness (QED) is 0.562. The second-order valence-electron chi connectivity index (χ2n) is 3.27.